The molecule has 4 N–H and O–H groups in total. The third-order valence-electron chi connectivity index (χ3n) is 4.64. The number of nitrogens with zero attached hydrogens (tertiary/aromatic N) is 1. The van der Waals surface area contributed by atoms with Crippen molar-refractivity contribution >= 4 is 21.7 Å². The molecule has 1 aliphatic rings. The Morgan fingerprint density at radius 3 is 2.59 bits per heavy atom. The third kappa shape index (κ3) is 4.16. The fraction of sp³-hybridized carbons (Fsp3) is 0.263. The van der Waals surface area contributed by atoms with Gasteiger partial charge in [-0.3, -0.25) is 4.79 Å². The lowest BCUT2D eigenvalue weighted by atomic mass is 9.81. The lowest BCUT2D eigenvalue weighted by Gasteiger charge is -2.25. The maximum Gasteiger partial charge on any atom is 0.249 e. The summed E-state index contributed by atoms with van der Waals surface area (Å²) in [5, 5.41) is 0. The predicted octanol–water partition coefficient (Wildman–Crippen LogP) is 2.27. The van der Waals surface area contributed by atoms with E-state index in [2.05, 4.69) is 4.99 Å². The first kappa shape index (κ1) is 19.0. The molecular formula is C19H20FN3O3S. The fourth-order valence-electron chi connectivity index (χ4n) is 3.44. The summed E-state index contributed by atoms with van der Waals surface area (Å²) in [4.78, 5) is 15.5. The van der Waals surface area contributed by atoms with Crippen LogP contribution in [-0.4, -0.2) is 20.3 Å². The van der Waals surface area contributed by atoms with Gasteiger partial charge in [-0.25, -0.2) is 12.8 Å². The van der Waals surface area contributed by atoms with E-state index >= 15 is 0 Å². The monoisotopic (exact) mass is 389 g/mol. The van der Waals surface area contributed by atoms with Crippen LogP contribution in [0.2, 0.25) is 0 Å². The molecule has 2 aromatic rings. The molecule has 0 aromatic heterocycles. The summed E-state index contributed by atoms with van der Waals surface area (Å²) in [5.41, 5.74) is 12.3. The smallest absolute Gasteiger partial charge is 0.249 e. The highest BCUT2D eigenvalue weighted by Crippen LogP contribution is 2.36. The number of aliphatic imine (C=N–C) groups is 1. The van der Waals surface area contributed by atoms with Crippen LogP contribution in [0.3, 0.4) is 0 Å². The van der Waals surface area contributed by atoms with Crippen LogP contribution < -0.4 is 11.5 Å². The molecule has 0 saturated carbocycles. The fourth-order valence-corrected chi connectivity index (χ4v) is 4.78. The van der Waals surface area contributed by atoms with Crippen LogP contribution in [0.5, 0.6) is 0 Å². The number of nitrogens with two attached hydrogens (primary N) is 2. The van der Waals surface area contributed by atoms with Gasteiger partial charge in [-0.2, -0.15) is 4.99 Å². The molecule has 0 heterocycles. The summed E-state index contributed by atoms with van der Waals surface area (Å²) in [6.07, 6.45) is 2.51. The quantitative estimate of drug-likeness (QED) is 0.615. The molecule has 142 valence electrons. The van der Waals surface area contributed by atoms with E-state index in [1.165, 1.54) is 24.3 Å². The molecule has 1 aliphatic carbocycles. The van der Waals surface area contributed by atoms with Gasteiger partial charge in [0, 0.05) is 6.42 Å². The lowest BCUT2D eigenvalue weighted by molar-refractivity contribution is -0.118. The number of rotatable bonds is 4. The Hall–Kier alpha value is -2.74. The maximum absolute atomic E-state index is 13.4. The van der Waals surface area contributed by atoms with E-state index in [1.54, 1.807) is 12.1 Å². The molecule has 0 radical (unpaired) electrons. The van der Waals surface area contributed by atoms with Gasteiger partial charge in [-0.15, -0.1) is 0 Å². The van der Waals surface area contributed by atoms with Crippen LogP contribution in [0, 0.1) is 5.82 Å². The van der Waals surface area contributed by atoms with Gasteiger partial charge in [0.15, 0.2) is 5.96 Å². The highest BCUT2D eigenvalue weighted by atomic mass is 32.2. The van der Waals surface area contributed by atoms with Crippen molar-refractivity contribution in [2.75, 3.05) is 0 Å². The minimum Gasteiger partial charge on any atom is -0.370 e. The molecule has 0 unspecified atom stereocenters. The summed E-state index contributed by atoms with van der Waals surface area (Å²) in [6.45, 7) is 0. The molecule has 1 atom stereocenters. The summed E-state index contributed by atoms with van der Waals surface area (Å²) in [6, 6.07) is 9.79. The van der Waals surface area contributed by atoms with Crippen LogP contribution in [0.4, 0.5) is 4.39 Å². The molecule has 0 bridgehead atoms. The molecule has 6 nitrogen and oxygen atoms in total. The highest BCUT2D eigenvalue weighted by Gasteiger charge is 2.25. The van der Waals surface area contributed by atoms with Crippen LogP contribution in [-0.2, 0) is 21.1 Å². The van der Waals surface area contributed by atoms with Crippen molar-refractivity contribution in [3.05, 3.63) is 59.4 Å². The Kier molecular flexibility index (Phi) is 5.27. The molecule has 27 heavy (non-hydrogen) atoms. The number of carbonyl (C=O) groups excluding carboxylic acids is 1. The van der Waals surface area contributed by atoms with Crippen molar-refractivity contribution in [2.24, 2.45) is 16.5 Å². The Morgan fingerprint density at radius 2 is 1.89 bits per heavy atom. The summed E-state index contributed by atoms with van der Waals surface area (Å²) < 4.78 is 39.0. The zero-order valence-corrected chi connectivity index (χ0v) is 15.4. The SMILES string of the molecule is NC(N)=NC(=O)C[C@H]1CCCc2cc(S(=O)(=O)c3cccc(F)c3)ccc21. The van der Waals surface area contributed by atoms with Crippen molar-refractivity contribution in [2.45, 2.75) is 41.4 Å². The first-order valence-corrected chi connectivity index (χ1v) is 10.0. The Morgan fingerprint density at radius 1 is 1.15 bits per heavy atom. The maximum atomic E-state index is 13.4. The summed E-state index contributed by atoms with van der Waals surface area (Å²) in [7, 11) is -3.81. The predicted molar refractivity (Wildman–Crippen MR) is 99.4 cm³/mol. The molecular weight excluding hydrogens is 369 g/mol. The second-order valence-electron chi connectivity index (χ2n) is 6.55. The van der Waals surface area contributed by atoms with Gasteiger partial charge in [-0.05, 0) is 66.6 Å². The Labute approximate surface area is 157 Å². The number of hydrogen-bond donors (Lipinski definition) is 2. The number of hydrogen-bond acceptors (Lipinski definition) is 3. The second-order valence-corrected chi connectivity index (χ2v) is 8.49. The van der Waals surface area contributed by atoms with Crippen molar-refractivity contribution in [3.8, 4) is 0 Å². The third-order valence-corrected chi connectivity index (χ3v) is 6.39. The summed E-state index contributed by atoms with van der Waals surface area (Å²) >= 11 is 0. The van der Waals surface area contributed by atoms with Gasteiger partial charge >= 0.3 is 0 Å². The normalized spacial score (nSPS) is 16.4. The minimum absolute atomic E-state index is 0.0599. The molecule has 8 heteroatoms. The van der Waals surface area contributed by atoms with E-state index in [0.29, 0.717) is 0 Å². The second kappa shape index (κ2) is 7.48. The van der Waals surface area contributed by atoms with Crippen LogP contribution >= 0.6 is 0 Å². The van der Waals surface area contributed by atoms with E-state index in [4.69, 9.17) is 11.5 Å². The van der Waals surface area contributed by atoms with E-state index in [9.17, 15) is 17.6 Å². The number of sulfone groups is 1. The van der Waals surface area contributed by atoms with Crippen LogP contribution in [0.25, 0.3) is 0 Å². The van der Waals surface area contributed by atoms with Gasteiger partial charge in [0.05, 0.1) is 9.79 Å². The van der Waals surface area contributed by atoms with Gasteiger partial charge in [-0.1, -0.05) is 12.1 Å². The van der Waals surface area contributed by atoms with E-state index in [0.717, 1.165) is 36.5 Å². The number of amides is 1. The standard InChI is InChI=1S/C19H20FN3O3S/c20-14-5-2-6-15(11-14)27(25,26)16-7-8-17-12(9-16)3-1-4-13(17)10-18(24)23-19(21)22/h2,5-9,11,13H,1,3-4,10H2,(H4,21,22,23,24)/t13-/m1/s1. The van der Waals surface area contributed by atoms with E-state index in [-0.39, 0.29) is 28.1 Å². The van der Waals surface area contributed by atoms with Crippen molar-refractivity contribution in [3.63, 3.8) is 0 Å². The lowest BCUT2D eigenvalue weighted by Crippen LogP contribution is -2.25. The van der Waals surface area contributed by atoms with Gasteiger partial charge < -0.3 is 11.5 Å². The number of benzene rings is 2. The van der Waals surface area contributed by atoms with Crippen molar-refractivity contribution in [1.29, 1.82) is 0 Å². The summed E-state index contributed by atoms with van der Waals surface area (Å²) in [5.74, 6) is -1.33. The van der Waals surface area contributed by atoms with Crippen LogP contribution in [0.15, 0.2) is 57.2 Å². The molecule has 0 spiro atoms. The highest BCUT2D eigenvalue weighted by molar-refractivity contribution is 7.91. The molecule has 0 saturated heterocycles. The molecule has 1 amide bonds. The number of fused-ring (bicyclic) bond motifs is 1. The number of halogens is 1. The number of guanidine groups is 1. The van der Waals surface area contributed by atoms with Crippen molar-refractivity contribution < 1.29 is 17.6 Å². The Balaban J connectivity index is 1.93. The zero-order chi connectivity index (χ0) is 19.6. The van der Waals surface area contributed by atoms with Gasteiger partial charge in [0.1, 0.15) is 5.82 Å². The zero-order valence-electron chi connectivity index (χ0n) is 14.6. The van der Waals surface area contributed by atoms with Gasteiger partial charge in [0.25, 0.3) is 0 Å². The molecule has 0 aliphatic heterocycles. The minimum atomic E-state index is -3.81. The number of aryl methyl sites for hydroxylation is 1. The van der Waals surface area contributed by atoms with Crippen LogP contribution in [0.1, 0.15) is 36.3 Å². The molecule has 2 aromatic carbocycles. The largest absolute Gasteiger partial charge is 0.370 e. The first-order valence-electron chi connectivity index (χ1n) is 8.53. The van der Waals surface area contributed by atoms with E-state index in [1.807, 2.05) is 0 Å². The average Bonchev–Trinajstić information content (AvgIpc) is 2.61. The molecule has 0 fully saturated rings. The van der Waals surface area contributed by atoms with Crippen molar-refractivity contribution in [1.82, 2.24) is 0 Å². The number of carbonyl (C=O) groups is 1. The average molecular weight is 389 g/mol. The topological polar surface area (TPSA) is 116 Å². The van der Waals surface area contributed by atoms with Gasteiger partial charge in [0.2, 0.25) is 15.7 Å². The Bertz CT molecular complexity index is 1010. The first-order chi connectivity index (χ1) is 12.8. The van der Waals surface area contributed by atoms with E-state index < -0.39 is 21.6 Å². The molecule has 3 rings (SSSR count).